The third-order valence-corrected chi connectivity index (χ3v) is 3.18. The van der Waals surface area contributed by atoms with Crippen molar-refractivity contribution in [2.75, 3.05) is 32.2 Å². The van der Waals surface area contributed by atoms with Gasteiger partial charge in [-0.15, -0.1) is 0 Å². The molecule has 4 heteroatoms. The lowest BCUT2D eigenvalue weighted by molar-refractivity contribution is 0.171. The number of rotatable bonds is 7. The van der Waals surface area contributed by atoms with Crippen LogP contribution in [0.25, 0.3) is 0 Å². The maximum atomic E-state index is 10.1. The minimum Gasteiger partial charge on any atom is -0.496 e. The molecule has 0 aromatic heterocycles. The Morgan fingerprint density at radius 1 is 1.47 bits per heavy atom. The van der Waals surface area contributed by atoms with E-state index in [0.29, 0.717) is 6.54 Å². The Morgan fingerprint density at radius 2 is 2.24 bits per heavy atom. The Kier molecular flexibility index (Phi) is 6.40. The SMILES string of the molecule is COc1ccc(C)cc1C(O)CNCCSC. The first kappa shape index (κ1) is 14.4. The number of aliphatic hydroxyl groups excluding tert-OH is 1. The van der Waals surface area contributed by atoms with Gasteiger partial charge in [0, 0.05) is 24.4 Å². The zero-order valence-corrected chi connectivity index (χ0v) is 11.5. The van der Waals surface area contributed by atoms with Gasteiger partial charge in [0.2, 0.25) is 0 Å². The van der Waals surface area contributed by atoms with Crippen molar-refractivity contribution >= 4 is 11.8 Å². The normalized spacial score (nSPS) is 12.5. The van der Waals surface area contributed by atoms with Gasteiger partial charge in [0.1, 0.15) is 5.75 Å². The van der Waals surface area contributed by atoms with Crippen LogP contribution >= 0.6 is 11.8 Å². The van der Waals surface area contributed by atoms with E-state index in [0.717, 1.165) is 29.2 Å². The summed E-state index contributed by atoms with van der Waals surface area (Å²) in [6.45, 7) is 3.48. The van der Waals surface area contributed by atoms with Crippen molar-refractivity contribution in [3.05, 3.63) is 29.3 Å². The highest BCUT2D eigenvalue weighted by Gasteiger charge is 2.12. The fourth-order valence-corrected chi connectivity index (χ4v) is 1.99. The van der Waals surface area contributed by atoms with E-state index in [-0.39, 0.29) is 0 Å². The average Bonchev–Trinajstić information content (AvgIpc) is 2.34. The van der Waals surface area contributed by atoms with Crippen LogP contribution in [-0.4, -0.2) is 37.3 Å². The second kappa shape index (κ2) is 7.58. The molecule has 0 aliphatic rings. The Bertz CT molecular complexity index is 344. The molecule has 2 N–H and O–H groups in total. The molecule has 0 bridgehead atoms. The number of methoxy groups -OCH3 is 1. The van der Waals surface area contributed by atoms with E-state index in [1.54, 1.807) is 18.9 Å². The number of hydrogen-bond acceptors (Lipinski definition) is 4. The van der Waals surface area contributed by atoms with Crippen LogP contribution < -0.4 is 10.1 Å². The van der Waals surface area contributed by atoms with Gasteiger partial charge in [-0.05, 0) is 25.3 Å². The number of aliphatic hydroxyl groups is 1. The van der Waals surface area contributed by atoms with Gasteiger partial charge in [-0.3, -0.25) is 0 Å². The summed E-state index contributed by atoms with van der Waals surface area (Å²) in [6, 6.07) is 5.85. The first-order valence-electron chi connectivity index (χ1n) is 5.71. The van der Waals surface area contributed by atoms with Crippen molar-refractivity contribution in [1.29, 1.82) is 0 Å². The predicted octanol–water partition coefficient (Wildman–Crippen LogP) is 1.99. The molecule has 1 unspecified atom stereocenters. The van der Waals surface area contributed by atoms with Gasteiger partial charge in [0.15, 0.2) is 0 Å². The van der Waals surface area contributed by atoms with Gasteiger partial charge in [-0.1, -0.05) is 11.6 Å². The van der Waals surface area contributed by atoms with Crippen LogP contribution in [0.15, 0.2) is 18.2 Å². The van der Waals surface area contributed by atoms with Gasteiger partial charge >= 0.3 is 0 Å². The summed E-state index contributed by atoms with van der Waals surface area (Å²) in [4.78, 5) is 0. The van der Waals surface area contributed by atoms with E-state index in [2.05, 4.69) is 11.6 Å². The molecule has 0 saturated heterocycles. The molecule has 96 valence electrons. The molecule has 1 rings (SSSR count). The van der Waals surface area contributed by atoms with E-state index in [1.807, 2.05) is 25.1 Å². The Hall–Kier alpha value is -0.710. The highest BCUT2D eigenvalue weighted by molar-refractivity contribution is 7.98. The molecule has 0 aliphatic heterocycles. The summed E-state index contributed by atoms with van der Waals surface area (Å²) in [5.74, 6) is 1.80. The second-order valence-corrected chi connectivity index (χ2v) is 4.94. The van der Waals surface area contributed by atoms with E-state index in [1.165, 1.54) is 0 Å². The summed E-state index contributed by atoms with van der Waals surface area (Å²) < 4.78 is 5.26. The molecular formula is C13H21NO2S. The van der Waals surface area contributed by atoms with Crippen molar-refractivity contribution in [1.82, 2.24) is 5.32 Å². The lowest BCUT2D eigenvalue weighted by Crippen LogP contribution is -2.24. The average molecular weight is 255 g/mol. The molecule has 0 fully saturated rings. The predicted molar refractivity (Wildman–Crippen MR) is 73.9 cm³/mol. The maximum Gasteiger partial charge on any atom is 0.124 e. The largest absolute Gasteiger partial charge is 0.496 e. The summed E-state index contributed by atoms with van der Waals surface area (Å²) in [7, 11) is 1.63. The molecule has 3 nitrogen and oxygen atoms in total. The van der Waals surface area contributed by atoms with Gasteiger partial charge in [0.25, 0.3) is 0 Å². The van der Waals surface area contributed by atoms with Gasteiger partial charge in [-0.2, -0.15) is 11.8 Å². The van der Waals surface area contributed by atoms with Crippen molar-refractivity contribution in [2.45, 2.75) is 13.0 Å². The third kappa shape index (κ3) is 4.58. The summed E-state index contributed by atoms with van der Waals surface area (Å²) in [5, 5.41) is 13.3. The summed E-state index contributed by atoms with van der Waals surface area (Å²) in [5.41, 5.74) is 1.98. The van der Waals surface area contributed by atoms with Gasteiger partial charge in [-0.25, -0.2) is 0 Å². The molecule has 0 heterocycles. The standard InChI is InChI=1S/C13H21NO2S/c1-10-4-5-13(16-2)11(8-10)12(15)9-14-6-7-17-3/h4-5,8,12,14-15H,6-7,9H2,1-3H3. The number of ether oxygens (including phenoxy) is 1. The molecule has 0 aliphatic carbocycles. The van der Waals surface area contributed by atoms with Crippen LogP contribution in [0, 0.1) is 6.92 Å². The minimum atomic E-state index is -0.522. The molecule has 1 aromatic rings. The lowest BCUT2D eigenvalue weighted by atomic mass is 10.1. The monoisotopic (exact) mass is 255 g/mol. The fourth-order valence-electron chi connectivity index (χ4n) is 1.64. The highest BCUT2D eigenvalue weighted by Crippen LogP contribution is 2.25. The molecular weight excluding hydrogens is 234 g/mol. The number of nitrogens with one attached hydrogen (secondary N) is 1. The van der Waals surface area contributed by atoms with Crippen LogP contribution in [0.3, 0.4) is 0 Å². The zero-order valence-electron chi connectivity index (χ0n) is 10.7. The van der Waals surface area contributed by atoms with E-state index >= 15 is 0 Å². The molecule has 1 atom stereocenters. The van der Waals surface area contributed by atoms with Crippen LogP contribution in [-0.2, 0) is 0 Å². The van der Waals surface area contributed by atoms with Crippen LogP contribution in [0.5, 0.6) is 5.75 Å². The van der Waals surface area contributed by atoms with E-state index in [9.17, 15) is 5.11 Å². The smallest absolute Gasteiger partial charge is 0.124 e. The van der Waals surface area contributed by atoms with Crippen molar-refractivity contribution in [2.24, 2.45) is 0 Å². The molecule has 1 aromatic carbocycles. The first-order chi connectivity index (χ1) is 8.19. The minimum absolute atomic E-state index is 0.522. The molecule has 0 spiro atoms. The molecule has 0 radical (unpaired) electrons. The lowest BCUT2D eigenvalue weighted by Gasteiger charge is -2.16. The molecule has 0 amide bonds. The third-order valence-electron chi connectivity index (χ3n) is 2.56. The number of benzene rings is 1. The van der Waals surface area contributed by atoms with Gasteiger partial charge < -0.3 is 15.2 Å². The van der Waals surface area contributed by atoms with Crippen molar-refractivity contribution < 1.29 is 9.84 Å². The highest BCUT2D eigenvalue weighted by atomic mass is 32.2. The maximum absolute atomic E-state index is 10.1. The zero-order chi connectivity index (χ0) is 12.7. The van der Waals surface area contributed by atoms with Crippen LogP contribution in [0.2, 0.25) is 0 Å². The Labute approximate surface area is 108 Å². The van der Waals surface area contributed by atoms with E-state index < -0.39 is 6.10 Å². The van der Waals surface area contributed by atoms with Crippen LogP contribution in [0.1, 0.15) is 17.2 Å². The second-order valence-electron chi connectivity index (χ2n) is 3.96. The number of aryl methyl sites for hydroxylation is 1. The number of thioether (sulfide) groups is 1. The molecule has 0 saturated carbocycles. The topological polar surface area (TPSA) is 41.5 Å². The van der Waals surface area contributed by atoms with Crippen molar-refractivity contribution in [3.63, 3.8) is 0 Å². The van der Waals surface area contributed by atoms with E-state index in [4.69, 9.17) is 4.74 Å². The van der Waals surface area contributed by atoms with Gasteiger partial charge in [0.05, 0.1) is 13.2 Å². The number of hydrogen-bond donors (Lipinski definition) is 2. The summed E-state index contributed by atoms with van der Waals surface area (Å²) >= 11 is 1.79. The Balaban J connectivity index is 2.60. The first-order valence-corrected chi connectivity index (χ1v) is 7.10. The Morgan fingerprint density at radius 3 is 2.88 bits per heavy atom. The fraction of sp³-hybridized carbons (Fsp3) is 0.538. The van der Waals surface area contributed by atoms with Crippen molar-refractivity contribution in [3.8, 4) is 5.75 Å². The summed E-state index contributed by atoms with van der Waals surface area (Å²) in [6.07, 6.45) is 1.55. The quantitative estimate of drug-likeness (QED) is 0.731. The molecule has 17 heavy (non-hydrogen) atoms. The van der Waals surface area contributed by atoms with Crippen LogP contribution in [0.4, 0.5) is 0 Å².